The molecule has 0 atom stereocenters. The van der Waals surface area contributed by atoms with Crippen LogP contribution in [-0.4, -0.2) is 6.61 Å². The normalized spacial score (nSPS) is 8.77. The Balaban J connectivity index is 2.59. The van der Waals surface area contributed by atoms with E-state index in [2.05, 4.69) is 12.0 Å². The summed E-state index contributed by atoms with van der Waals surface area (Å²) in [6, 6.07) is 9.33. The van der Waals surface area contributed by atoms with Gasteiger partial charge in [-0.2, -0.15) is 5.26 Å². The van der Waals surface area contributed by atoms with Crippen LogP contribution in [0.5, 0.6) is 0 Å². The van der Waals surface area contributed by atoms with E-state index in [9.17, 15) is 0 Å². The van der Waals surface area contributed by atoms with Crippen molar-refractivity contribution in [2.24, 2.45) is 0 Å². The molecule has 0 amide bonds. The third-order valence-corrected chi connectivity index (χ3v) is 1.51. The Morgan fingerprint density at radius 2 is 2.31 bits per heavy atom. The Bertz CT molecular complexity index is 357. The molecule has 2 nitrogen and oxygen atoms in total. The van der Waals surface area contributed by atoms with Gasteiger partial charge in [0.25, 0.3) is 0 Å². The summed E-state index contributed by atoms with van der Waals surface area (Å²) in [5, 5.41) is 8.61. The van der Waals surface area contributed by atoms with Crippen LogP contribution < -0.4 is 0 Å². The highest BCUT2D eigenvalue weighted by molar-refractivity contribution is 5.32. The zero-order valence-corrected chi connectivity index (χ0v) is 7.16. The maximum atomic E-state index is 8.61. The van der Waals surface area contributed by atoms with Gasteiger partial charge in [0, 0.05) is 0 Å². The first-order valence-electron chi connectivity index (χ1n) is 3.87. The smallest absolute Gasteiger partial charge is 0.107 e. The average molecular weight is 171 g/mol. The van der Waals surface area contributed by atoms with Crippen LogP contribution >= 0.6 is 0 Å². The van der Waals surface area contributed by atoms with Crippen molar-refractivity contribution < 1.29 is 4.74 Å². The molecule has 13 heavy (non-hydrogen) atoms. The molecule has 0 N–H and O–H groups in total. The maximum Gasteiger partial charge on any atom is 0.107 e. The van der Waals surface area contributed by atoms with Crippen molar-refractivity contribution in [2.75, 3.05) is 6.61 Å². The Kier molecular flexibility index (Phi) is 3.57. The van der Waals surface area contributed by atoms with Crippen LogP contribution in [0, 0.1) is 23.7 Å². The SMILES string of the molecule is C#CCOCc1cccc(C#N)c1. The lowest BCUT2D eigenvalue weighted by Crippen LogP contribution is -1.93. The molecule has 0 aliphatic carbocycles. The van der Waals surface area contributed by atoms with Crippen molar-refractivity contribution in [2.45, 2.75) is 6.61 Å². The van der Waals surface area contributed by atoms with Crippen LogP contribution in [0.4, 0.5) is 0 Å². The van der Waals surface area contributed by atoms with E-state index in [4.69, 9.17) is 16.4 Å². The summed E-state index contributed by atoms with van der Waals surface area (Å²) in [6.07, 6.45) is 5.02. The number of terminal acetylenes is 1. The number of hydrogen-bond acceptors (Lipinski definition) is 2. The number of rotatable bonds is 3. The second-order valence-electron chi connectivity index (χ2n) is 2.51. The third-order valence-electron chi connectivity index (χ3n) is 1.51. The third kappa shape index (κ3) is 2.99. The predicted octanol–water partition coefficient (Wildman–Crippen LogP) is 1.71. The lowest BCUT2D eigenvalue weighted by Gasteiger charge is -2.00. The van der Waals surface area contributed by atoms with E-state index in [-0.39, 0.29) is 0 Å². The lowest BCUT2D eigenvalue weighted by molar-refractivity contribution is 0.153. The summed E-state index contributed by atoms with van der Waals surface area (Å²) in [4.78, 5) is 0. The molecule has 0 unspecified atom stereocenters. The molecule has 0 aliphatic rings. The number of ether oxygens (including phenoxy) is 1. The van der Waals surface area contributed by atoms with Crippen LogP contribution in [0.2, 0.25) is 0 Å². The summed E-state index contributed by atoms with van der Waals surface area (Å²) < 4.78 is 5.12. The summed E-state index contributed by atoms with van der Waals surface area (Å²) >= 11 is 0. The Morgan fingerprint density at radius 1 is 1.46 bits per heavy atom. The molecule has 64 valence electrons. The first-order chi connectivity index (χ1) is 6.36. The number of hydrogen-bond donors (Lipinski definition) is 0. The quantitative estimate of drug-likeness (QED) is 0.512. The van der Waals surface area contributed by atoms with Gasteiger partial charge in [-0.25, -0.2) is 0 Å². The Labute approximate surface area is 77.8 Å². The molecule has 0 saturated carbocycles. The minimum absolute atomic E-state index is 0.302. The molecule has 1 rings (SSSR count). The van der Waals surface area contributed by atoms with Gasteiger partial charge in [0.05, 0.1) is 18.2 Å². The van der Waals surface area contributed by atoms with E-state index < -0.39 is 0 Å². The van der Waals surface area contributed by atoms with Crippen molar-refractivity contribution in [3.63, 3.8) is 0 Å². The number of nitriles is 1. The van der Waals surface area contributed by atoms with Crippen LogP contribution in [0.15, 0.2) is 24.3 Å². The molecule has 1 aromatic rings. The Hall–Kier alpha value is -1.77. The topological polar surface area (TPSA) is 33.0 Å². The fourth-order valence-corrected chi connectivity index (χ4v) is 0.958. The number of nitrogens with zero attached hydrogens (tertiary/aromatic N) is 1. The summed E-state index contributed by atoms with van der Waals surface area (Å²) in [5.41, 5.74) is 1.61. The summed E-state index contributed by atoms with van der Waals surface area (Å²) in [6.45, 7) is 0.760. The maximum absolute atomic E-state index is 8.61. The largest absolute Gasteiger partial charge is 0.364 e. The fourth-order valence-electron chi connectivity index (χ4n) is 0.958. The Morgan fingerprint density at radius 3 is 3.00 bits per heavy atom. The monoisotopic (exact) mass is 171 g/mol. The van der Waals surface area contributed by atoms with Gasteiger partial charge in [-0.05, 0) is 17.7 Å². The zero-order chi connectivity index (χ0) is 9.52. The van der Waals surface area contributed by atoms with Crippen molar-refractivity contribution in [3.05, 3.63) is 35.4 Å². The molecule has 1 aromatic carbocycles. The first-order valence-corrected chi connectivity index (χ1v) is 3.87. The van der Waals surface area contributed by atoms with Crippen LogP contribution in [0.25, 0.3) is 0 Å². The second-order valence-corrected chi connectivity index (χ2v) is 2.51. The van der Waals surface area contributed by atoms with Crippen molar-refractivity contribution in [3.8, 4) is 18.4 Å². The van der Waals surface area contributed by atoms with Gasteiger partial charge < -0.3 is 4.74 Å². The van der Waals surface area contributed by atoms with E-state index in [0.29, 0.717) is 18.8 Å². The van der Waals surface area contributed by atoms with Crippen molar-refractivity contribution in [1.82, 2.24) is 0 Å². The molecular formula is C11H9NO. The zero-order valence-electron chi connectivity index (χ0n) is 7.16. The van der Waals surface area contributed by atoms with E-state index in [0.717, 1.165) is 5.56 Å². The molecular weight excluding hydrogens is 162 g/mol. The van der Waals surface area contributed by atoms with Gasteiger partial charge in [0.1, 0.15) is 6.61 Å². The van der Waals surface area contributed by atoms with E-state index >= 15 is 0 Å². The summed E-state index contributed by atoms with van der Waals surface area (Å²) in [7, 11) is 0. The van der Waals surface area contributed by atoms with Crippen LogP contribution in [0.3, 0.4) is 0 Å². The second kappa shape index (κ2) is 4.98. The van der Waals surface area contributed by atoms with E-state index in [1.807, 2.05) is 12.1 Å². The van der Waals surface area contributed by atoms with Gasteiger partial charge in [-0.1, -0.05) is 18.1 Å². The highest BCUT2D eigenvalue weighted by atomic mass is 16.5. The summed E-state index contributed by atoms with van der Waals surface area (Å²) in [5.74, 6) is 2.38. The predicted molar refractivity (Wildman–Crippen MR) is 49.6 cm³/mol. The van der Waals surface area contributed by atoms with E-state index in [1.54, 1.807) is 12.1 Å². The van der Waals surface area contributed by atoms with Crippen LogP contribution in [-0.2, 0) is 11.3 Å². The molecule has 0 heterocycles. The molecule has 0 radical (unpaired) electrons. The number of benzene rings is 1. The highest BCUT2D eigenvalue weighted by Crippen LogP contribution is 2.04. The van der Waals surface area contributed by atoms with Gasteiger partial charge >= 0.3 is 0 Å². The van der Waals surface area contributed by atoms with Crippen molar-refractivity contribution in [1.29, 1.82) is 5.26 Å². The minimum Gasteiger partial charge on any atom is -0.364 e. The first kappa shape index (κ1) is 9.32. The molecule has 0 fully saturated rings. The van der Waals surface area contributed by atoms with Gasteiger partial charge in [0.15, 0.2) is 0 Å². The average Bonchev–Trinajstić information content (AvgIpc) is 2.19. The minimum atomic E-state index is 0.302. The molecule has 0 bridgehead atoms. The fraction of sp³-hybridized carbons (Fsp3) is 0.182. The van der Waals surface area contributed by atoms with Crippen molar-refractivity contribution >= 4 is 0 Å². The van der Waals surface area contributed by atoms with Gasteiger partial charge in [-0.3, -0.25) is 0 Å². The van der Waals surface area contributed by atoms with Crippen LogP contribution in [0.1, 0.15) is 11.1 Å². The van der Waals surface area contributed by atoms with Gasteiger partial charge in [-0.15, -0.1) is 6.42 Å². The lowest BCUT2D eigenvalue weighted by atomic mass is 10.1. The standard InChI is InChI=1S/C11H9NO/c1-2-6-13-9-11-5-3-4-10(7-11)8-12/h1,3-5,7H,6,9H2. The molecule has 2 heteroatoms. The van der Waals surface area contributed by atoms with Gasteiger partial charge in [0.2, 0.25) is 0 Å². The molecule has 0 saturated heterocycles. The van der Waals surface area contributed by atoms with E-state index in [1.165, 1.54) is 0 Å². The highest BCUT2D eigenvalue weighted by Gasteiger charge is 1.94. The molecule has 0 aromatic heterocycles. The molecule has 0 spiro atoms. The molecule has 0 aliphatic heterocycles.